The van der Waals surface area contributed by atoms with Crippen LogP contribution >= 0.6 is 0 Å². The number of anilines is 1. The van der Waals surface area contributed by atoms with Crippen LogP contribution in [0.5, 0.6) is 0 Å². The van der Waals surface area contributed by atoms with Gasteiger partial charge in [0.25, 0.3) is 0 Å². The number of aromatic nitrogens is 4. The van der Waals surface area contributed by atoms with Crippen molar-refractivity contribution in [2.24, 2.45) is 0 Å². The molecule has 5 rings (SSSR count). The predicted octanol–water partition coefficient (Wildman–Crippen LogP) is 6.24. The molecule has 0 aliphatic carbocycles. The van der Waals surface area contributed by atoms with Crippen LogP contribution in [0.2, 0.25) is 0 Å². The Morgan fingerprint density at radius 3 is 2.56 bits per heavy atom. The van der Waals surface area contributed by atoms with E-state index >= 15 is 0 Å². The van der Waals surface area contributed by atoms with E-state index in [1.807, 2.05) is 47.0 Å². The minimum atomic E-state index is -0.309. The summed E-state index contributed by atoms with van der Waals surface area (Å²) in [6.45, 7) is 2.55. The normalized spacial score (nSPS) is 11.6. The van der Waals surface area contributed by atoms with Crippen molar-refractivity contribution in [2.45, 2.75) is 19.5 Å². The monoisotopic (exact) mass is 474 g/mol. The molecule has 0 spiro atoms. The number of benzene rings is 3. The first kappa shape index (κ1) is 22.9. The molecule has 2 aromatic heterocycles. The minimum Gasteiger partial charge on any atom is -0.348 e. The van der Waals surface area contributed by atoms with Crippen molar-refractivity contribution >= 4 is 5.95 Å². The molecule has 1 N–H and O–H groups in total. The van der Waals surface area contributed by atoms with E-state index in [0.29, 0.717) is 29.4 Å². The molecule has 2 heterocycles. The SMILES string of the molecule is C[C@H](Nc1nccc(-c2c(-c3ccc(F)cc3)ncn2Cc2cccc(C#N)c2)n1)c1ccccc1. The van der Waals surface area contributed by atoms with Crippen molar-refractivity contribution in [1.29, 1.82) is 5.26 Å². The molecule has 7 heteroatoms. The number of halogens is 1. The molecule has 0 saturated carbocycles. The van der Waals surface area contributed by atoms with Crippen LogP contribution in [0.3, 0.4) is 0 Å². The summed E-state index contributed by atoms with van der Waals surface area (Å²) in [5.41, 5.74) is 5.61. The summed E-state index contributed by atoms with van der Waals surface area (Å²) < 4.78 is 15.6. The second-order valence-electron chi connectivity index (χ2n) is 8.43. The van der Waals surface area contributed by atoms with Crippen LogP contribution in [0.1, 0.15) is 29.7 Å². The molecule has 5 aromatic rings. The van der Waals surface area contributed by atoms with Crippen molar-refractivity contribution in [1.82, 2.24) is 19.5 Å². The first-order valence-corrected chi connectivity index (χ1v) is 11.6. The highest BCUT2D eigenvalue weighted by molar-refractivity contribution is 5.77. The number of nitrogens with zero attached hydrogens (tertiary/aromatic N) is 5. The molecule has 0 unspecified atom stereocenters. The lowest BCUT2D eigenvalue weighted by Gasteiger charge is -2.15. The van der Waals surface area contributed by atoms with Gasteiger partial charge < -0.3 is 9.88 Å². The van der Waals surface area contributed by atoms with Gasteiger partial charge in [-0.2, -0.15) is 5.26 Å². The van der Waals surface area contributed by atoms with Crippen molar-refractivity contribution in [2.75, 3.05) is 5.32 Å². The zero-order valence-electron chi connectivity index (χ0n) is 19.6. The molecule has 0 amide bonds. The van der Waals surface area contributed by atoms with Crippen molar-refractivity contribution in [3.63, 3.8) is 0 Å². The van der Waals surface area contributed by atoms with Gasteiger partial charge in [-0.3, -0.25) is 0 Å². The van der Waals surface area contributed by atoms with Crippen LogP contribution in [0.25, 0.3) is 22.6 Å². The fourth-order valence-electron chi connectivity index (χ4n) is 4.10. The highest BCUT2D eigenvalue weighted by Crippen LogP contribution is 2.31. The third-order valence-corrected chi connectivity index (χ3v) is 5.91. The first-order chi connectivity index (χ1) is 17.6. The van der Waals surface area contributed by atoms with E-state index in [-0.39, 0.29) is 11.9 Å². The van der Waals surface area contributed by atoms with Gasteiger partial charge in [-0.15, -0.1) is 0 Å². The molecule has 0 fully saturated rings. The van der Waals surface area contributed by atoms with Gasteiger partial charge >= 0.3 is 0 Å². The van der Waals surface area contributed by atoms with E-state index in [1.165, 1.54) is 12.1 Å². The van der Waals surface area contributed by atoms with Crippen LogP contribution in [-0.4, -0.2) is 19.5 Å². The Kier molecular flexibility index (Phi) is 6.50. The molecule has 36 heavy (non-hydrogen) atoms. The second-order valence-corrected chi connectivity index (χ2v) is 8.43. The molecule has 0 bridgehead atoms. The Labute approximate surface area is 208 Å². The number of imidazole rings is 1. The zero-order valence-corrected chi connectivity index (χ0v) is 19.6. The number of rotatable bonds is 7. The summed E-state index contributed by atoms with van der Waals surface area (Å²) in [6, 6.07) is 27.8. The van der Waals surface area contributed by atoms with Gasteiger partial charge in [0.05, 0.1) is 41.1 Å². The molecule has 1 atom stereocenters. The summed E-state index contributed by atoms with van der Waals surface area (Å²) >= 11 is 0. The van der Waals surface area contributed by atoms with Gasteiger partial charge in [0.2, 0.25) is 5.95 Å². The average molecular weight is 475 g/mol. The lowest BCUT2D eigenvalue weighted by Crippen LogP contribution is -2.10. The predicted molar refractivity (Wildman–Crippen MR) is 137 cm³/mol. The first-order valence-electron chi connectivity index (χ1n) is 11.6. The summed E-state index contributed by atoms with van der Waals surface area (Å²) in [7, 11) is 0. The average Bonchev–Trinajstić information content (AvgIpc) is 3.33. The second kappa shape index (κ2) is 10.2. The summed E-state index contributed by atoms with van der Waals surface area (Å²) in [4.78, 5) is 13.9. The topological polar surface area (TPSA) is 79.4 Å². The Morgan fingerprint density at radius 1 is 0.972 bits per heavy atom. The summed E-state index contributed by atoms with van der Waals surface area (Å²) in [5, 5.41) is 12.7. The van der Waals surface area contributed by atoms with Crippen LogP contribution in [0, 0.1) is 17.1 Å². The molecule has 0 aliphatic heterocycles. The maximum absolute atomic E-state index is 13.6. The Hall–Kier alpha value is -4.83. The minimum absolute atomic E-state index is 0.0108. The number of nitriles is 1. The highest BCUT2D eigenvalue weighted by Gasteiger charge is 2.18. The van der Waals surface area contributed by atoms with E-state index in [1.54, 1.807) is 30.7 Å². The molecule has 0 saturated heterocycles. The Morgan fingerprint density at radius 2 is 1.78 bits per heavy atom. The molecule has 0 aliphatic rings. The Bertz CT molecular complexity index is 1520. The maximum Gasteiger partial charge on any atom is 0.223 e. The van der Waals surface area contributed by atoms with Crippen molar-refractivity contribution in [3.05, 3.63) is 120 Å². The lowest BCUT2D eigenvalue weighted by atomic mass is 10.1. The van der Waals surface area contributed by atoms with Gasteiger partial charge in [0.15, 0.2) is 0 Å². The van der Waals surface area contributed by atoms with Gasteiger partial charge in [-0.1, -0.05) is 42.5 Å². The molecular weight excluding hydrogens is 451 g/mol. The molecule has 6 nitrogen and oxygen atoms in total. The fraction of sp³-hybridized carbons (Fsp3) is 0.103. The Balaban J connectivity index is 1.55. The van der Waals surface area contributed by atoms with E-state index in [4.69, 9.17) is 4.98 Å². The number of hydrogen-bond donors (Lipinski definition) is 1. The van der Waals surface area contributed by atoms with Crippen LogP contribution in [0.15, 0.2) is 97.5 Å². The maximum atomic E-state index is 13.6. The van der Waals surface area contributed by atoms with Crippen molar-refractivity contribution < 1.29 is 4.39 Å². The largest absolute Gasteiger partial charge is 0.348 e. The number of hydrogen-bond acceptors (Lipinski definition) is 5. The van der Waals surface area contributed by atoms with Crippen LogP contribution < -0.4 is 5.32 Å². The molecule has 176 valence electrons. The summed E-state index contributed by atoms with van der Waals surface area (Å²) in [5.74, 6) is 0.185. The zero-order chi connectivity index (χ0) is 24.9. The van der Waals surface area contributed by atoms with E-state index in [2.05, 4.69) is 40.4 Å². The standard InChI is InChI=1S/C29H23FN6/c1-20(23-8-3-2-4-9-23)34-29-32-15-14-26(35-29)28-27(24-10-12-25(30)13-11-24)33-19-36(28)18-22-7-5-6-21(16-22)17-31/h2-16,19-20H,18H2,1H3,(H,32,34,35)/t20-/m0/s1. The highest BCUT2D eigenvalue weighted by atomic mass is 19.1. The van der Waals surface area contributed by atoms with Gasteiger partial charge in [0, 0.05) is 18.3 Å². The molecular formula is C29H23FN6. The van der Waals surface area contributed by atoms with Crippen molar-refractivity contribution in [3.8, 4) is 28.7 Å². The third-order valence-electron chi connectivity index (χ3n) is 5.91. The van der Waals surface area contributed by atoms with E-state index in [9.17, 15) is 9.65 Å². The van der Waals surface area contributed by atoms with Crippen LogP contribution in [-0.2, 0) is 6.54 Å². The molecule has 3 aromatic carbocycles. The lowest BCUT2D eigenvalue weighted by molar-refractivity contribution is 0.628. The molecule has 0 radical (unpaired) electrons. The van der Waals surface area contributed by atoms with Crippen LogP contribution in [0.4, 0.5) is 10.3 Å². The quantitative estimate of drug-likeness (QED) is 0.302. The fourth-order valence-corrected chi connectivity index (χ4v) is 4.10. The van der Waals surface area contributed by atoms with Gasteiger partial charge in [-0.25, -0.2) is 19.3 Å². The third kappa shape index (κ3) is 4.98. The van der Waals surface area contributed by atoms with Gasteiger partial charge in [0.1, 0.15) is 5.82 Å². The van der Waals surface area contributed by atoms with E-state index in [0.717, 1.165) is 22.4 Å². The van der Waals surface area contributed by atoms with Gasteiger partial charge in [-0.05, 0) is 60.5 Å². The number of nitrogens with one attached hydrogen (secondary N) is 1. The smallest absolute Gasteiger partial charge is 0.223 e. The van der Waals surface area contributed by atoms with E-state index < -0.39 is 0 Å². The summed E-state index contributed by atoms with van der Waals surface area (Å²) in [6.07, 6.45) is 3.46.